The molecule has 0 radical (unpaired) electrons. The Morgan fingerprint density at radius 2 is 1.84 bits per heavy atom. The molecule has 0 aromatic heterocycles. The summed E-state index contributed by atoms with van der Waals surface area (Å²) in [5, 5.41) is 3.36. The van der Waals surface area contributed by atoms with Crippen LogP contribution in [0.25, 0.3) is 0 Å². The summed E-state index contributed by atoms with van der Waals surface area (Å²) in [4.78, 5) is 26.8. The Bertz CT molecular complexity index is 1090. The topological polar surface area (TPSA) is 86.8 Å². The molecule has 2 aromatic carbocycles. The summed E-state index contributed by atoms with van der Waals surface area (Å²) in [6, 6.07) is 13.2. The minimum absolute atomic E-state index is 0.0822. The highest BCUT2D eigenvalue weighted by Gasteiger charge is 2.33. The number of rotatable bonds is 5. The van der Waals surface area contributed by atoms with Gasteiger partial charge in [-0.2, -0.15) is 4.31 Å². The Morgan fingerprint density at radius 3 is 2.55 bits per heavy atom. The van der Waals surface area contributed by atoms with E-state index in [0.717, 1.165) is 12.1 Å². The van der Waals surface area contributed by atoms with Crippen molar-refractivity contribution in [2.24, 2.45) is 5.92 Å². The van der Waals surface area contributed by atoms with Crippen LogP contribution >= 0.6 is 11.6 Å². The lowest BCUT2D eigenvalue weighted by molar-refractivity contribution is -0.121. The van der Waals surface area contributed by atoms with Crippen LogP contribution in [-0.2, 0) is 19.6 Å². The van der Waals surface area contributed by atoms with Crippen LogP contribution in [0.4, 0.5) is 11.4 Å². The predicted octanol–water partition coefficient (Wildman–Crippen LogP) is 3.51. The van der Waals surface area contributed by atoms with Crippen molar-refractivity contribution >= 4 is 44.8 Å². The third-order valence-electron chi connectivity index (χ3n) is 5.71. The first-order valence-electron chi connectivity index (χ1n) is 10.3. The number of carbonyl (C=O) groups excluding carboxylic acids is 2. The Balaban J connectivity index is 1.45. The Labute approximate surface area is 187 Å². The average molecular weight is 462 g/mol. The van der Waals surface area contributed by atoms with Gasteiger partial charge in [0.2, 0.25) is 21.8 Å². The Morgan fingerprint density at radius 1 is 1.06 bits per heavy atom. The Hall–Kier alpha value is -2.42. The quantitative estimate of drug-likeness (QED) is 0.738. The SMILES string of the molecule is O=C(Nc1cccc(N2CCCC2=O)c1)[C@H]1CCCN(S(=O)(=O)c2ccc(Cl)cc2)C1. The Kier molecular flexibility index (Phi) is 6.31. The maximum Gasteiger partial charge on any atom is 0.243 e. The molecule has 2 aliphatic heterocycles. The van der Waals surface area contributed by atoms with Gasteiger partial charge >= 0.3 is 0 Å². The highest BCUT2D eigenvalue weighted by atomic mass is 35.5. The molecular weight excluding hydrogens is 438 g/mol. The minimum Gasteiger partial charge on any atom is -0.326 e. The second-order valence-electron chi connectivity index (χ2n) is 7.84. The fourth-order valence-corrected chi connectivity index (χ4v) is 5.70. The largest absolute Gasteiger partial charge is 0.326 e. The van der Waals surface area contributed by atoms with Gasteiger partial charge in [0.1, 0.15) is 0 Å². The van der Waals surface area contributed by atoms with Crippen molar-refractivity contribution in [3.05, 3.63) is 53.6 Å². The first-order chi connectivity index (χ1) is 14.8. The smallest absolute Gasteiger partial charge is 0.243 e. The number of carbonyl (C=O) groups is 2. The molecule has 9 heteroatoms. The molecule has 4 rings (SSSR count). The molecule has 31 heavy (non-hydrogen) atoms. The predicted molar refractivity (Wildman–Crippen MR) is 120 cm³/mol. The molecule has 0 spiro atoms. The number of piperidine rings is 1. The number of benzene rings is 2. The molecule has 0 aliphatic carbocycles. The third kappa shape index (κ3) is 4.76. The molecule has 0 saturated carbocycles. The molecule has 2 saturated heterocycles. The van der Waals surface area contributed by atoms with Crippen LogP contribution in [0.2, 0.25) is 5.02 Å². The van der Waals surface area contributed by atoms with E-state index in [2.05, 4.69) is 5.32 Å². The number of nitrogens with one attached hydrogen (secondary N) is 1. The molecule has 0 bridgehead atoms. The minimum atomic E-state index is -3.69. The van der Waals surface area contributed by atoms with Crippen molar-refractivity contribution < 1.29 is 18.0 Å². The molecule has 2 amide bonds. The van der Waals surface area contributed by atoms with Crippen molar-refractivity contribution in [3.8, 4) is 0 Å². The summed E-state index contributed by atoms with van der Waals surface area (Å²) in [7, 11) is -3.69. The van der Waals surface area contributed by atoms with Crippen LogP contribution in [0, 0.1) is 5.92 Å². The van der Waals surface area contributed by atoms with Gasteiger partial charge in [0.25, 0.3) is 0 Å². The van der Waals surface area contributed by atoms with Crippen LogP contribution < -0.4 is 10.2 Å². The molecule has 2 aromatic rings. The van der Waals surface area contributed by atoms with E-state index >= 15 is 0 Å². The fraction of sp³-hybridized carbons (Fsp3) is 0.364. The van der Waals surface area contributed by atoms with E-state index in [-0.39, 0.29) is 23.3 Å². The number of halogens is 1. The maximum atomic E-state index is 13.0. The van der Waals surface area contributed by atoms with Gasteiger partial charge in [0.15, 0.2) is 0 Å². The lowest BCUT2D eigenvalue weighted by Gasteiger charge is -2.31. The number of hydrogen-bond donors (Lipinski definition) is 1. The standard InChI is InChI=1S/C22H24ClN3O4S/c23-17-8-10-20(11-9-17)31(29,30)25-12-2-4-16(15-25)22(28)24-18-5-1-6-19(14-18)26-13-3-7-21(26)27/h1,5-6,8-11,14,16H,2-4,7,12-13,15H2,(H,24,28)/t16-/m0/s1. The summed E-state index contributed by atoms with van der Waals surface area (Å²) in [6.45, 7) is 1.18. The van der Waals surface area contributed by atoms with Gasteiger partial charge in [-0.05, 0) is 61.7 Å². The van der Waals surface area contributed by atoms with Gasteiger partial charge in [-0.15, -0.1) is 0 Å². The number of amides is 2. The van der Waals surface area contributed by atoms with Crippen molar-refractivity contribution in [3.63, 3.8) is 0 Å². The summed E-state index contributed by atoms with van der Waals surface area (Å²) in [6.07, 6.45) is 2.59. The summed E-state index contributed by atoms with van der Waals surface area (Å²) in [5.41, 5.74) is 1.36. The lowest BCUT2D eigenvalue weighted by Crippen LogP contribution is -2.43. The van der Waals surface area contributed by atoms with Crippen LogP contribution in [-0.4, -0.2) is 44.2 Å². The van der Waals surface area contributed by atoms with Gasteiger partial charge in [0, 0.05) is 42.5 Å². The van der Waals surface area contributed by atoms with E-state index in [9.17, 15) is 18.0 Å². The molecule has 2 heterocycles. The third-order valence-corrected chi connectivity index (χ3v) is 7.84. The molecule has 1 N–H and O–H groups in total. The summed E-state index contributed by atoms with van der Waals surface area (Å²) in [5.74, 6) is -0.590. The molecule has 1 atom stereocenters. The maximum absolute atomic E-state index is 13.0. The molecule has 164 valence electrons. The zero-order valence-corrected chi connectivity index (χ0v) is 18.5. The van der Waals surface area contributed by atoms with E-state index in [1.165, 1.54) is 16.4 Å². The number of hydrogen-bond acceptors (Lipinski definition) is 4. The number of nitrogens with zero attached hydrogens (tertiary/aromatic N) is 2. The highest BCUT2D eigenvalue weighted by Crippen LogP contribution is 2.27. The average Bonchev–Trinajstić information content (AvgIpc) is 3.20. The van der Waals surface area contributed by atoms with E-state index in [4.69, 9.17) is 11.6 Å². The molecule has 2 fully saturated rings. The monoisotopic (exact) mass is 461 g/mol. The fourth-order valence-electron chi connectivity index (χ4n) is 4.05. The second kappa shape index (κ2) is 8.98. The van der Waals surface area contributed by atoms with Gasteiger partial charge in [0.05, 0.1) is 10.8 Å². The van der Waals surface area contributed by atoms with E-state index in [1.807, 2.05) is 6.07 Å². The summed E-state index contributed by atoms with van der Waals surface area (Å²) < 4.78 is 27.3. The molecule has 2 aliphatic rings. The molecule has 0 unspecified atom stereocenters. The number of anilines is 2. The van der Waals surface area contributed by atoms with Gasteiger partial charge in [-0.1, -0.05) is 17.7 Å². The van der Waals surface area contributed by atoms with Crippen LogP contribution in [0.3, 0.4) is 0 Å². The van der Waals surface area contributed by atoms with Crippen molar-refractivity contribution in [2.75, 3.05) is 29.9 Å². The van der Waals surface area contributed by atoms with Crippen molar-refractivity contribution in [1.29, 1.82) is 0 Å². The lowest BCUT2D eigenvalue weighted by atomic mass is 9.98. The van der Waals surface area contributed by atoms with Crippen LogP contribution in [0.1, 0.15) is 25.7 Å². The van der Waals surface area contributed by atoms with Crippen LogP contribution in [0.5, 0.6) is 0 Å². The van der Waals surface area contributed by atoms with Gasteiger partial charge in [-0.25, -0.2) is 8.42 Å². The normalized spacial score (nSPS) is 20.1. The summed E-state index contributed by atoms with van der Waals surface area (Å²) >= 11 is 5.87. The van der Waals surface area contributed by atoms with E-state index in [1.54, 1.807) is 35.2 Å². The second-order valence-corrected chi connectivity index (χ2v) is 10.2. The van der Waals surface area contributed by atoms with E-state index < -0.39 is 15.9 Å². The zero-order valence-electron chi connectivity index (χ0n) is 17.0. The van der Waals surface area contributed by atoms with Gasteiger partial charge in [-0.3, -0.25) is 9.59 Å². The van der Waals surface area contributed by atoms with Gasteiger partial charge < -0.3 is 10.2 Å². The van der Waals surface area contributed by atoms with Crippen molar-refractivity contribution in [2.45, 2.75) is 30.6 Å². The zero-order chi connectivity index (χ0) is 22.0. The van der Waals surface area contributed by atoms with Crippen LogP contribution in [0.15, 0.2) is 53.4 Å². The first-order valence-corrected chi connectivity index (χ1v) is 12.1. The van der Waals surface area contributed by atoms with Crippen molar-refractivity contribution in [1.82, 2.24) is 4.31 Å². The first kappa shape index (κ1) is 21.8. The number of sulfonamides is 1. The molecular formula is C22H24ClN3O4S. The molecule has 7 nitrogen and oxygen atoms in total. The highest BCUT2D eigenvalue weighted by molar-refractivity contribution is 7.89. The van der Waals surface area contributed by atoms with E-state index in [0.29, 0.717) is 43.1 Å².